The summed E-state index contributed by atoms with van der Waals surface area (Å²) < 4.78 is 0. The maximum Gasteiger partial charge on any atom is 0.276 e. The van der Waals surface area contributed by atoms with Crippen molar-refractivity contribution in [1.29, 1.82) is 0 Å². The molecule has 4 heterocycles. The fraction of sp³-hybridized carbons (Fsp3) is 0.389. The number of likely N-dealkylation sites (tertiary alicyclic amines) is 1. The van der Waals surface area contributed by atoms with Gasteiger partial charge in [0.15, 0.2) is 0 Å². The summed E-state index contributed by atoms with van der Waals surface area (Å²) >= 11 is 0. The van der Waals surface area contributed by atoms with E-state index in [-0.39, 0.29) is 30.7 Å². The van der Waals surface area contributed by atoms with Gasteiger partial charge in [-0.15, -0.1) is 24.8 Å². The van der Waals surface area contributed by atoms with Crippen LogP contribution in [0.5, 0.6) is 0 Å². The van der Waals surface area contributed by atoms with Crippen molar-refractivity contribution in [3.63, 3.8) is 0 Å². The molecule has 2 aliphatic heterocycles. The number of aromatic nitrogens is 2. The van der Waals surface area contributed by atoms with Gasteiger partial charge in [0, 0.05) is 36.4 Å². The largest absolute Gasteiger partial charge is 0.354 e. The van der Waals surface area contributed by atoms with Crippen LogP contribution in [0.3, 0.4) is 0 Å². The number of carbonyl (C=O) groups excluding carboxylic acids is 1. The second-order valence-electron chi connectivity index (χ2n) is 6.42. The molecular weight excluding hydrogens is 387 g/mol. The molecule has 1 fully saturated rings. The van der Waals surface area contributed by atoms with Gasteiger partial charge in [-0.25, -0.2) is 9.98 Å². The zero-order valence-corrected chi connectivity index (χ0v) is 16.5. The van der Waals surface area contributed by atoms with Gasteiger partial charge in [0.1, 0.15) is 11.3 Å². The molecule has 146 valence electrons. The van der Waals surface area contributed by atoms with E-state index in [1.165, 1.54) is 32.4 Å². The van der Waals surface area contributed by atoms with Crippen molar-refractivity contribution in [3.05, 3.63) is 35.8 Å². The van der Waals surface area contributed by atoms with E-state index in [9.17, 15) is 4.79 Å². The first-order valence-electron chi connectivity index (χ1n) is 8.80. The predicted octanol–water partition coefficient (Wildman–Crippen LogP) is 2.31. The van der Waals surface area contributed by atoms with Gasteiger partial charge in [-0.1, -0.05) is 6.42 Å². The summed E-state index contributed by atoms with van der Waals surface area (Å²) in [7, 11) is 0. The lowest BCUT2D eigenvalue weighted by Gasteiger charge is -2.26. The number of carbonyl (C=O) groups is 1. The van der Waals surface area contributed by atoms with Crippen LogP contribution >= 0.6 is 24.8 Å². The van der Waals surface area contributed by atoms with E-state index >= 15 is 0 Å². The van der Waals surface area contributed by atoms with Crippen molar-refractivity contribution in [2.45, 2.75) is 19.3 Å². The van der Waals surface area contributed by atoms with Crippen molar-refractivity contribution >= 4 is 53.8 Å². The second kappa shape index (κ2) is 9.73. The van der Waals surface area contributed by atoms with Gasteiger partial charge in [0.2, 0.25) is 5.96 Å². The summed E-state index contributed by atoms with van der Waals surface area (Å²) in [5.41, 5.74) is 2.12. The maximum atomic E-state index is 12.1. The van der Waals surface area contributed by atoms with Gasteiger partial charge in [-0.05, 0) is 44.1 Å². The molecule has 0 spiro atoms. The molecule has 0 unspecified atom stereocenters. The number of halogens is 2. The van der Waals surface area contributed by atoms with Gasteiger partial charge in [0.25, 0.3) is 5.91 Å². The van der Waals surface area contributed by atoms with Crippen molar-refractivity contribution < 1.29 is 4.79 Å². The molecule has 0 atom stereocenters. The van der Waals surface area contributed by atoms with E-state index in [1.807, 2.05) is 18.3 Å². The number of aromatic amines is 1. The van der Waals surface area contributed by atoms with Crippen LogP contribution in [-0.4, -0.2) is 52.9 Å². The van der Waals surface area contributed by atoms with Gasteiger partial charge >= 0.3 is 0 Å². The molecule has 0 aromatic carbocycles. The average Bonchev–Trinajstić information content (AvgIpc) is 3.20. The lowest BCUT2D eigenvalue weighted by Crippen LogP contribution is -2.41. The number of rotatable bonds is 4. The Morgan fingerprint density at radius 2 is 2.04 bits per heavy atom. The normalized spacial score (nSPS) is 18.6. The quantitative estimate of drug-likeness (QED) is 0.675. The third kappa shape index (κ3) is 5.00. The van der Waals surface area contributed by atoms with E-state index < -0.39 is 0 Å². The Hall–Kier alpha value is -2.09. The number of aliphatic imine (C=N–C) groups is 1. The van der Waals surface area contributed by atoms with Crippen LogP contribution < -0.4 is 10.6 Å². The van der Waals surface area contributed by atoms with Crippen molar-refractivity contribution in [1.82, 2.24) is 25.5 Å². The average molecular weight is 411 g/mol. The third-order valence-electron chi connectivity index (χ3n) is 4.64. The predicted molar refractivity (Wildman–Crippen MR) is 112 cm³/mol. The van der Waals surface area contributed by atoms with Crippen LogP contribution in [0, 0.1) is 0 Å². The maximum absolute atomic E-state index is 12.1. The Bertz CT molecular complexity index is 841. The highest BCUT2D eigenvalue weighted by molar-refractivity contribution is 6.14. The molecule has 3 N–H and O–H groups in total. The van der Waals surface area contributed by atoms with Crippen LogP contribution in [0.25, 0.3) is 17.1 Å². The number of hydrogen-bond donors (Lipinski definition) is 3. The van der Waals surface area contributed by atoms with Crippen LogP contribution in [-0.2, 0) is 4.79 Å². The molecule has 0 aliphatic carbocycles. The van der Waals surface area contributed by atoms with Crippen LogP contribution in [0.15, 0.2) is 35.2 Å². The number of nitrogens with zero attached hydrogens (tertiary/aromatic N) is 3. The molecule has 27 heavy (non-hydrogen) atoms. The number of piperidine rings is 1. The molecule has 1 saturated heterocycles. The van der Waals surface area contributed by atoms with Crippen molar-refractivity contribution in [3.8, 4) is 0 Å². The summed E-state index contributed by atoms with van der Waals surface area (Å²) in [6.45, 7) is 4.09. The first-order chi connectivity index (χ1) is 12.3. The molecule has 2 aliphatic rings. The van der Waals surface area contributed by atoms with E-state index in [0.717, 1.165) is 29.7 Å². The highest BCUT2D eigenvalue weighted by Crippen LogP contribution is 2.20. The number of pyridine rings is 1. The zero-order valence-electron chi connectivity index (χ0n) is 14.9. The molecule has 7 nitrogen and oxygen atoms in total. The minimum Gasteiger partial charge on any atom is -0.354 e. The highest BCUT2D eigenvalue weighted by atomic mass is 35.5. The highest BCUT2D eigenvalue weighted by Gasteiger charge is 2.20. The van der Waals surface area contributed by atoms with Crippen molar-refractivity contribution in [2.75, 3.05) is 26.2 Å². The molecule has 0 radical (unpaired) electrons. The molecule has 1 amide bonds. The number of H-pyrrole nitrogens is 1. The lowest BCUT2D eigenvalue weighted by atomic mass is 10.1. The fourth-order valence-electron chi connectivity index (χ4n) is 3.31. The van der Waals surface area contributed by atoms with E-state index in [4.69, 9.17) is 0 Å². The number of nitrogens with one attached hydrogen (secondary N) is 3. The molecule has 2 aromatic heterocycles. The van der Waals surface area contributed by atoms with Gasteiger partial charge in [0.05, 0.1) is 0 Å². The van der Waals surface area contributed by atoms with E-state index in [1.54, 1.807) is 12.3 Å². The first-order valence-corrected chi connectivity index (χ1v) is 8.80. The van der Waals surface area contributed by atoms with Crippen LogP contribution in [0.1, 0.15) is 24.8 Å². The summed E-state index contributed by atoms with van der Waals surface area (Å²) in [5.74, 6) is 0.352. The Kier molecular flexibility index (Phi) is 7.65. The number of fused-ring (bicyclic) bond motifs is 1. The fourth-order valence-corrected chi connectivity index (χ4v) is 3.31. The third-order valence-corrected chi connectivity index (χ3v) is 4.64. The summed E-state index contributed by atoms with van der Waals surface area (Å²) in [6, 6.07) is 3.85. The minimum absolute atomic E-state index is 0. The van der Waals surface area contributed by atoms with Crippen LogP contribution in [0.4, 0.5) is 0 Å². The minimum atomic E-state index is -0.182. The Morgan fingerprint density at radius 1 is 1.22 bits per heavy atom. The number of hydrogen-bond acceptors (Lipinski definition) is 5. The smallest absolute Gasteiger partial charge is 0.276 e. The topological polar surface area (TPSA) is 85.4 Å². The number of amides is 1. The molecule has 9 heteroatoms. The number of guanidine groups is 1. The Morgan fingerprint density at radius 3 is 2.85 bits per heavy atom. The van der Waals surface area contributed by atoms with E-state index in [0.29, 0.717) is 11.7 Å². The molecule has 0 bridgehead atoms. The first kappa shape index (κ1) is 21.2. The van der Waals surface area contributed by atoms with Gasteiger partial charge < -0.3 is 15.2 Å². The van der Waals surface area contributed by atoms with Gasteiger partial charge in [-0.3, -0.25) is 10.1 Å². The molecular formula is C18H24Cl2N6O. The molecule has 0 saturated carbocycles. The Balaban J connectivity index is 0.00000131. The van der Waals surface area contributed by atoms with E-state index in [2.05, 4.69) is 30.5 Å². The monoisotopic (exact) mass is 410 g/mol. The summed E-state index contributed by atoms with van der Waals surface area (Å²) in [4.78, 5) is 26.3. The summed E-state index contributed by atoms with van der Waals surface area (Å²) in [6.07, 6.45) is 9.27. The van der Waals surface area contributed by atoms with Gasteiger partial charge in [-0.2, -0.15) is 0 Å². The zero-order chi connectivity index (χ0) is 17.1. The standard InChI is InChI=1S/C18H22N6O.2ClH/c25-17-15(11-13-12-21-16-14(13)5-4-6-19-16)22-18(23-17)20-7-10-24-8-2-1-3-9-24;;/h4-6,11-12H,1-3,7-10H2,(H,19,21)(H2,20,22,23,25);2*1H. The second-order valence-corrected chi connectivity index (χ2v) is 6.42. The molecule has 4 rings (SSSR count). The van der Waals surface area contributed by atoms with Crippen LogP contribution in [0.2, 0.25) is 0 Å². The SMILES string of the molecule is Cl.Cl.O=C1NC(NCCN2CCCCC2)=NC1=Cc1c[nH]c2ncccc12. The molecule has 2 aromatic rings. The Labute approximate surface area is 170 Å². The summed E-state index contributed by atoms with van der Waals surface area (Å²) in [5, 5.41) is 6.99. The lowest BCUT2D eigenvalue weighted by molar-refractivity contribution is -0.115. The van der Waals surface area contributed by atoms with Crippen molar-refractivity contribution in [2.24, 2.45) is 4.99 Å².